The Kier molecular flexibility index (Phi) is 13.2. The standard InChI is InChI=1S/C31H39Cl2N3O6/c1-31(2,3)7-10-40-12-14-41-13-11-39-8-6-9-42-29-17-25-22(15-28(29)38-5)30(21(19-34)20-35-25)36-26-18-27(37-4)24(33)16-23(26)32/h15-18,20H,6-14H2,1-5H3,(H,35,36). The fourth-order valence-corrected chi connectivity index (χ4v) is 4.38. The molecule has 0 fully saturated rings. The molecule has 0 aliphatic rings. The number of anilines is 2. The summed E-state index contributed by atoms with van der Waals surface area (Å²) >= 11 is 12.6. The SMILES string of the molecule is COc1cc(Nc2c(C#N)cnc3cc(OCCCOCCOCCOCCC(C)(C)C)c(OC)cc23)c(Cl)cc1Cl. The van der Waals surface area contributed by atoms with Crippen LogP contribution in [-0.4, -0.2) is 65.5 Å². The number of nitrogens with one attached hydrogen (secondary N) is 1. The molecule has 0 aliphatic heterocycles. The summed E-state index contributed by atoms with van der Waals surface area (Å²) in [6, 6.07) is 8.99. The molecule has 0 aliphatic carbocycles. The molecule has 0 amide bonds. The van der Waals surface area contributed by atoms with Gasteiger partial charge in [-0.1, -0.05) is 44.0 Å². The van der Waals surface area contributed by atoms with Gasteiger partial charge in [0.2, 0.25) is 0 Å². The molecule has 1 aromatic heterocycles. The number of nitriles is 1. The fraction of sp³-hybridized carbons (Fsp3) is 0.484. The van der Waals surface area contributed by atoms with Crippen LogP contribution in [-0.2, 0) is 14.2 Å². The highest BCUT2D eigenvalue weighted by molar-refractivity contribution is 6.37. The van der Waals surface area contributed by atoms with Crippen molar-refractivity contribution in [1.82, 2.24) is 4.98 Å². The van der Waals surface area contributed by atoms with Gasteiger partial charge in [0.15, 0.2) is 11.5 Å². The summed E-state index contributed by atoms with van der Waals surface area (Å²) in [5.41, 5.74) is 2.26. The molecular formula is C31H39Cl2N3O6. The van der Waals surface area contributed by atoms with Crippen LogP contribution in [0.3, 0.4) is 0 Å². The summed E-state index contributed by atoms with van der Waals surface area (Å²) in [5.74, 6) is 1.48. The molecule has 0 saturated carbocycles. The number of nitrogens with zero attached hydrogens (tertiary/aromatic N) is 2. The van der Waals surface area contributed by atoms with Gasteiger partial charge in [-0.05, 0) is 24.0 Å². The lowest BCUT2D eigenvalue weighted by atomic mass is 9.93. The number of halogens is 2. The molecule has 0 bridgehead atoms. The zero-order valence-electron chi connectivity index (χ0n) is 24.9. The molecule has 42 heavy (non-hydrogen) atoms. The van der Waals surface area contributed by atoms with E-state index in [9.17, 15) is 5.26 Å². The van der Waals surface area contributed by atoms with E-state index in [1.165, 1.54) is 13.3 Å². The summed E-state index contributed by atoms with van der Waals surface area (Å²) in [6.45, 7) is 10.5. The topological polar surface area (TPSA) is 104 Å². The summed E-state index contributed by atoms with van der Waals surface area (Å²) in [4.78, 5) is 4.46. The third kappa shape index (κ3) is 10.1. The van der Waals surface area contributed by atoms with Gasteiger partial charge in [-0.25, -0.2) is 0 Å². The smallest absolute Gasteiger partial charge is 0.163 e. The van der Waals surface area contributed by atoms with Crippen LogP contribution in [0.2, 0.25) is 10.0 Å². The van der Waals surface area contributed by atoms with E-state index in [-0.39, 0.29) is 5.41 Å². The van der Waals surface area contributed by atoms with Gasteiger partial charge in [0.25, 0.3) is 0 Å². The molecule has 0 spiro atoms. The van der Waals surface area contributed by atoms with Crippen LogP contribution in [0.4, 0.5) is 11.4 Å². The number of hydrogen-bond donors (Lipinski definition) is 1. The molecule has 9 nitrogen and oxygen atoms in total. The van der Waals surface area contributed by atoms with E-state index >= 15 is 0 Å². The van der Waals surface area contributed by atoms with Crippen LogP contribution >= 0.6 is 23.2 Å². The number of fused-ring (bicyclic) bond motifs is 1. The maximum absolute atomic E-state index is 9.76. The van der Waals surface area contributed by atoms with Gasteiger partial charge in [-0.3, -0.25) is 4.98 Å². The van der Waals surface area contributed by atoms with E-state index in [4.69, 9.17) is 51.6 Å². The second kappa shape index (κ2) is 16.6. The van der Waals surface area contributed by atoms with Crippen molar-refractivity contribution in [3.63, 3.8) is 0 Å². The Hall–Kier alpha value is -3.00. The molecule has 2 aromatic carbocycles. The minimum atomic E-state index is 0.279. The number of pyridine rings is 1. The first-order valence-electron chi connectivity index (χ1n) is 13.7. The molecule has 0 radical (unpaired) electrons. The summed E-state index contributed by atoms with van der Waals surface area (Å²) in [7, 11) is 3.07. The molecular weight excluding hydrogens is 581 g/mol. The van der Waals surface area contributed by atoms with E-state index < -0.39 is 0 Å². The maximum Gasteiger partial charge on any atom is 0.163 e. The molecule has 1 N–H and O–H groups in total. The molecule has 3 aromatic rings. The van der Waals surface area contributed by atoms with Gasteiger partial charge in [0.05, 0.1) is 79.8 Å². The van der Waals surface area contributed by atoms with Crippen molar-refractivity contribution in [2.24, 2.45) is 5.41 Å². The minimum absolute atomic E-state index is 0.279. The van der Waals surface area contributed by atoms with E-state index in [0.717, 1.165) is 13.0 Å². The highest BCUT2D eigenvalue weighted by Crippen LogP contribution is 2.40. The first-order valence-corrected chi connectivity index (χ1v) is 14.5. The highest BCUT2D eigenvalue weighted by atomic mass is 35.5. The van der Waals surface area contributed by atoms with Gasteiger partial charge in [-0.2, -0.15) is 5.26 Å². The van der Waals surface area contributed by atoms with Gasteiger partial charge >= 0.3 is 0 Å². The van der Waals surface area contributed by atoms with Gasteiger partial charge in [0, 0.05) is 43.4 Å². The number of benzene rings is 2. The van der Waals surface area contributed by atoms with Crippen LogP contribution < -0.4 is 19.5 Å². The predicted molar refractivity (Wildman–Crippen MR) is 166 cm³/mol. The first kappa shape index (κ1) is 33.5. The predicted octanol–water partition coefficient (Wildman–Crippen LogP) is 7.43. The highest BCUT2D eigenvalue weighted by Gasteiger charge is 2.17. The van der Waals surface area contributed by atoms with Crippen molar-refractivity contribution < 1.29 is 28.4 Å². The monoisotopic (exact) mass is 619 g/mol. The van der Waals surface area contributed by atoms with Crippen LogP contribution in [0.15, 0.2) is 30.5 Å². The molecule has 1 heterocycles. The minimum Gasteiger partial charge on any atom is -0.495 e. The number of rotatable bonds is 17. The second-order valence-electron chi connectivity index (χ2n) is 10.6. The van der Waals surface area contributed by atoms with E-state index in [1.807, 2.05) is 0 Å². The largest absolute Gasteiger partial charge is 0.495 e. The molecule has 0 atom stereocenters. The quantitative estimate of drug-likeness (QED) is 0.154. The van der Waals surface area contributed by atoms with Gasteiger partial charge < -0.3 is 33.7 Å². The molecule has 11 heteroatoms. The maximum atomic E-state index is 9.76. The Morgan fingerprint density at radius 2 is 1.48 bits per heavy atom. The Morgan fingerprint density at radius 1 is 0.810 bits per heavy atom. The van der Waals surface area contributed by atoms with Crippen molar-refractivity contribution in [1.29, 1.82) is 5.26 Å². The molecule has 0 saturated heterocycles. The summed E-state index contributed by atoms with van der Waals surface area (Å²) < 4.78 is 33.7. The third-order valence-electron chi connectivity index (χ3n) is 6.21. The molecule has 0 unspecified atom stereocenters. The average molecular weight is 621 g/mol. The summed E-state index contributed by atoms with van der Waals surface area (Å²) in [6.07, 6.45) is 3.20. The van der Waals surface area contributed by atoms with Crippen molar-refractivity contribution in [2.75, 3.05) is 65.8 Å². The zero-order valence-corrected chi connectivity index (χ0v) is 26.4. The van der Waals surface area contributed by atoms with Gasteiger partial charge in [0.1, 0.15) is 11.8 Å². The molecule has 3 rings (SSSR count). The van der Waals surface area contributed by atoms with Crippen molar-refractivity contribution in [2.45, 2.75) is 33.6 Å². The van der Waals surface area contributed by atoms with Crippen molar-refractivity contribution in [3.8, 4) is 23.3 Å². The lowest BCUT2D eigenvalue weighted by Crippen LogP contribution is -2.13. The van der Waals surface area contributed by atoms with E-state index in [0.29, 0.717) is 101 Å². The number of methoxy groups -OCH3 is 2. The normalized spacial score (nSPS) is 11.4. The van der Waals surface area contributed by atoms with Crippen LogP contribution in [0.5, 0.6) is 17.2 Å². The molecule has 228 valence electrons. The Bertz CT molecular complexity index is 1360. The van der Waals surface area contributed by atoms with E-state index in [1.54, 1.807) is 31.4 Å². The third-order valence-corrected chi connectivity index (χ3v) is 6.81. The van der Waals surface area contributed by atoms with E-state index in [2.05, 4.69) is 37.1 Å². The lowest BCUT2D eigenvalue weighted by Gasteiger charge is -2.17. The number of ether oxygens (including phenoxy) is 6. The van der Waals surface area contributed by atoms with Gasteiger partial charge in [-0.15, -0.1) is 0 Å². The lowest BCUT2D eigenvalue weighted by molar-refractivity contribution is 0.00883. The van der Waals surface area contributed by atoms with Crippen molar-refractivity contribution in [3.05, 3.63) is 46.1 Å². The first-order chi connectivity index (χ1) is 20.2. The van der Waals surface area contributed by atoms with Crippen LogP contribution in [0.25, 0.3) is 10.9 Å². The number of aromatic nitrogens is 1. The Labute approximate surface area is 257 Å². The second-order valence-corrected chi connectivity index (χ2v) is 11.4. The number of hydrogen-bond acceptors (Lipinski definition) is 9. The van der Waals surface area contributed by atoms with Crippen LogP contribution in [0.1, 0.15) is 39.2 Å². The average Bonchev–Trinajstić information content (AvgIpc) is 2.95. The fourth-order valence-electron chi connectivity index (χ4n) is 3.87. The Morgan fingerprint density at radius 3 is 2.12 bits per heavy atom. The zero-order chi connectivity index (χ0) is 30.5. The summed E-state index contributed by atoms with van der Waals surface area (Å²) in [5, 5.41) is 14.4. The Balaban J connectivity index is 1.53. The van der Waals surface area contributed by atoms with Crippen LogP contribution in [0, 0.1) is 16.7 Å². The van der Waals surface area contributed by atoms with Crippen molar-refractivity contribution >= 4 is 45.5 Å².